The summed E-state index contributed by atoms with van der Waals surface area (Å²) in [5, 5.41) is 6.28. The molecule has 1 aliphatic heterocycles. The molecule has 1 aromatic rings. The largest absolute Gasteiger partial charge is 0.462 e. The van der Waals surface area contributed by atoms with E-state index in [0.717, 1.165) is 9.80 Å². The lowest BCUT2D eigenvalue weighted by Crippen LogP contribution is -2.57. The van der Waals surface area contributed by atoms with Gasteiger partial charge >= 0.3 is 20.5 Å². The molecule has 1 N–H and O–H groups in total. The van der Waals surface area contributed by atoms with Crippen LogP contribution in [0.1, 0.15) is 13.8 Å². The lowest BCUT2D eigenvalue weighted by atomic mass is 10.2. The summed E-state index contributed by atoms with van der Waals surface area (Å²) in [7, 11) is 0.368. The first-order valence-corrected chi connectivity index (χ1v) is 9.69. The molecular formula is C17H21N4O7P. The Morgan fingerprint density at radius 3 is 2.24 bits per heavy atom. The molecule has 0 bridgehead atoms. The van der Waals surface area contributed by atoms with Gasteiger partial charge in [-0.2, -0.15) is 0 Å². The van der Waals surface area contributed by atoms with Crippen molar-refractivity contribution < 1.29 is 33.1 Å². The molecule has 0 aromatic heterocycles. The molecule has 1 saturated heterocycles. The fourth-order valence-electron chi connectivity index (χ4n) is 2.05. The molecule has 29 heavy (non-hydrogen) atoms. The summed E-state index contributed by atoms with van der Waals surface area (Å²) in [6.45, 7) is 3.16. The molecule has 12 heteroatoms. The Bertz CT molecular complexity index is 789. The monoisotopic (exact) mass is 424 g/mol. The Labute approximate surface area is 168 Å². The number of carbonyl (C=O) groups is 4. The van der Waals surface area contributed by atoms with Crippen molar-refractivity contribution in [2.75, 3.05) is 20.6 Å². The first-order valence-electron chi connectivity index (χ1n) is 8.52. The summed E-state index contributed by atoms with van der Waals surface area (Å²) >= 11 is 0. The van der Waals surface area contributed by atoms with Crippen LogP contribution in [0, 0.1) is 0 Å². The Morgan fingerprint density at radius 1 is 1.10 bits per heavy atom. The molecule has 1 fully saturated rings. The zero-order valence-corrected chi connectivity index (χ0v) is 17.2. The predicted molar refractivity (Wildman–Crippen MR) is 103 cm³/mol. The third-order valence-electron chi connectivity index (χ3n) is 3.45. The number of urea groups is 1. The zero-order chi connectivity index (χ0) is 21.6. The number of barbiturate groups is 1. The van der Waals surface area contributed by atoms with Gasteiger partial charge in [-0.25, -0.2) is 9.88 Å². The van der Waals surface area contributed by atoms with Crippen LogP contribution < -0.4 is 9.61 Å². The minimum Gasteiger partial charge on any atom is -0.462 e. The van der Waals surface area contributed by atoms with Gasteiger partial charge in [0.25, 0.3) is 11.8 Å². The van der Waals surface area contributed by atoms with E-state index < -0.39 is 38.1 Å². The van der Waals surface area contributed by atoms with Crippen molar-refractivity contribution >= 4 is 38.1 Å². The second kappa shape index (κ2) is 9.94. The smallest absolute Gasteiger partial charge is 0.405 e. The third kappa shape index (κ3) is 5.97. The molecule has 1 aromatic carbocycles. The van der Waals surface area contributed by atoms with E-state index in [1.165, 1.54) is 14.1 Å². The Balaban J connectivity index is 2.14. The van der Waals surface area contributed by atoms with Gasteiger partial charge in [-0.05, 0) is 26.0 Å². The number of nitrogens with zero attached hydrogens (tertiary/aromatic N) is 3. The van der Waals surface area contributed by atoms with Crippen molar-refractivity contribution in [3.05, 3.63) is 30.3 Å². The molecule has 1 aliphatic rings. The number of esters is 1. The molecular weight excluding hydrogens is 403 g/mol. The quantitative estimate of drug-likeness (QED) is 0.375. The number of rotatable bonds is 8. The number of ether oxygens (including phenoxy) is 1. The van der Waals surface area contributed by atoms with Gasteiger partial charge in [0.15, 0.2) is 0 Å². The Kier molecular flexibility index (Phi) is 7.63. The number of nitrogens with one attached hydrogen (secondary N) is 1. The van der Waals surface area contributed by atoms with E-state index >= 15 is 0 Å². The van der Waals surface area contributed by atoms with Crippen molar-refractivity contribution in [1.29, 1.82) is 0 Å². The Hall–Kier alpha value is -3.04. The van der Waals surface area contributed by atoms with Gasteiger partial charge in [0.1, 0.15) is 12.3 Å². The van der Waals surface area contributed by atoms with E-state index in [1.807, 2.05) is 0 Å². The average molecular weight is 424 g/mol. The number of oxime groups is 1. The van der Waals surface area contributed by atoms with Crippen molar-refractivity contribution in [2.24, 2.45) is 5.16 Å². The number of benzene rings is 1. The SMILES string of the molecule is CC(C)OC(=O)CNP(ON=C1C(=O)N(C)C(=O)N(C)C1=O)Oc1ccccc1. The lowest BCUT2D eigenvalue weighted by molar-refractivity contribution is -0.146. The van der Waals surface area contributed by atoms with Crippen LogP contribution in [0.25, 0.3) is 0 Å². The van der Waals surface area contributed by atoms with Gasteiger partial charge in [0.2, 0.25) is 5.71 Å². The standard InChI is InChI=1S/C17H21N4O7P/c1-11(2)26-13(22)10-18-29(27-12-8-6-5-7-9-12)28-19-14-15(23)20(3)17(25)21(4)16(14)24/h5-9,11,18H,10H2,1-4H3. The molecule has 0 radical (unpaired) electrons. The molecule has 0 saturated carbocycles. The molecule has 11 nitrogen and oxygen atoms in total. The summed E-state index contributed by atoms with van der Waals surface area (Å²) < 4.78 is 15.8. The Morgan fingerprint density at radius 2 is 1.69 bits per heavy atom. The van der Waals surface area contributed by atoms with Crippen molar-refractivity contribution in [3.63, 3.8) is 0 Å². The highest BCUT2D eigenvalue weighted by molar-refractivity contribution is 7.45. The molecule has 1 atom stereocenters. The summed E-state index contributed by atoms with van der Waals surface area (Å²) in [6.07, 6.45) is -0.298. The number of carbonyl (C=O) groups excluding carboxylic acids is 4. The maximum absolute atomic E-state index is 12.2. The maximum Gasteiger partial charge on any atom is 0.405 e. The second-order valence-corrected chi connectivity index (χ2v) is 7.24. The molecule has 1 heterocycles. The summed E-state index contributed by atoms with van der Waals surface area (Å²) in [5.41, 5.74) is -0.592. The molecule has 0 aliphatic carbocycles. The number of imide groups is 2. The first-order chi connectivity index (χ1) is 13.7. The maximum atomic E-state index is 12.2. The van der Waals surface area contributed by atoms with Crippen LogP contribution in [-0.2, 0) is 23.7 Å². The summed E-state index contributed by atoms with van der Waals surface area (Å²) in [5.74, 6) is -1.96. The van der Waals surface area contributed by atoms with Gasteiger partial charge < -0.3 is 13.9 Å². The number of hydrogen-bond acceptors (Lipinski definition) is 9. The first kappa shape index (κ1) is 22.3. The van der Waals surface area contributed by atoms with Gasteiger partial charge in [-0.3, -0.25) is 24.2 Å². The van der Waals surface area contributed by atoms with Gasteiger partial charge in [-0.15, -0.1) is 0 Å². The normalized spacial score (nSPS) is 15.5. The lowest BCUT2D eigenvalue weighted by Gasteiger charge is -2.27. The van der Waals surface area contributed by atoms with Crippen molar-refractivity contribution in [2.45, 2.75) is 20.0 Å². The number of hydrogen-bond donors (Lipinski definition) is 1. The third-order valence-corrected chi connectivity index (χ3v) is 4.47. The van der Waals surface area contributed by atoms with Gasteiger partial charge in [0, 0.05) is 14.1 Å². The fourth-order valence-corrected chi connectivity index (χ4v) is 2.94. The molecule has 1 unspecified atom stereocenters. The van der Waals surface area contributed by atoms with Gasteiger partial charge in [-0.1, -0.05) is 23.4 Å². The minimum atomic E-state index is -2.06. The predicted octanol–water partition coefficient (Wildman–Crippen LogP) is 1.26. The summed E-state index contributed by atoms with van der Waals surface area (Å²) in [4.78, 5) is 49.3. The van der Waals surface area contributed by atoms with E-state index in [0.29, 0.717) is 5.75 Å². The van der Waals surface area contributed by atoms with E-state index in [4.69, 9.17) is 13.9 Å². The molecule has 4 amide bonds. The van der Waals surface area contributed by atoms with E-state index in [2.05, 4.69) is 10.2 Å². The van der Waals surface area contributed by atoms with Crippen LogP contribution in [-0.4, -0.2) is 66.1 Å². The second-order valence-electron chi connectivity index (χ2n) is 6.07. The molecule has 156 valence electrons. The topological polar surface area (TPSA) is 127 Å². The number of para-hydroxylation sites is 1. The average Bonchev–Trinajstić information content (AvgIpc) is 2.69. The van der Waals surface area contributed by atoms with Crippen LogP contribution in [0.15, 0.2) is 35.5 Å². The van der Waals surface area contributed by atoms with Crippen LogP contribution in [0.4, 0.5) is 4.79 Å². The number of amides is 4. The van der Waals surface area contributed by atoms with E-state index in [9.17, 15) is 19.2 Å². The molecule has 2 rings (SSSR count). The van der Waals surface area contributed by atoms with Crippen molar-refractivity contribution in [1.82, 2.24) is 14.9 Å². The van der Waals surface area contributed by atoms with Crippen molar-refractivity contribution in [3.8, 4) is 5.75 Å². The summed E-state index contributed by atoms with van der Waals surface area (Å²) in [6, 6.07) is 7.76. The van der Waals surface area contributed by atoms with Crippen LogP contribution >= 0.6 is 8.53 Å². The van der Waals surface area contributed by atoms with Crippen LogP contribution in [0.5, 0.6) is 5.75 Å². The zero-order valence-electron chi connectivity index (χ0n) is 16.3. The van der Waals surface area contributed by atoms with Gasteiger partial charge in [0.05, 0.1) is 6.10 Å². The van der Waals surface area contributed by atoms with E-state index in [-0.39, 0.29) is 12.6 Å². The van der Waals surface area contributed by atoms with Crippen LogP contribution in [0.2, 0.25) is 0 Å². The highest BCUT2D eigenvalue weighted by atomic mass is 31.2. The van der Waals surface area contributed by atoms with E-state index in [1.54, 1.807) is 44.2 Å². The highest BCUT2D eigenvalue weighted by Gasteiger charge is 2.40. The van der Waals surface area contributed by atoms with Crippen LogP contribution in [0.3, 0.4) is 0 Å². The highest BCUT2D eigenvalue weighted by Crippen LogP contribution is 2.35. The molecule has 0 spiro atoms. The fraction of sp³-hybridized carbons (Fsp3) is 0.353. The minimum absolute atomic E-state index is 0.248.